The van der Waals surface area contributed by atoms with Crippen LogP contribution in [0.1, 0.15) is 46.1 Å². The van der Waals surface area contributed by atoms with Crippen molar-refractivity contribution in [1.29, 1.82) is 0 Å². The number of fused-ring (bicyclic) bond motifs is 1. The van der Waals surface area contributed by atoms with E-state index in [0.717, 1.165) is 17.7 Å². The van der Waals surface area contributed by atoms with Crippen LogP contribution in [-0.2, 0) is 20.9 Å². The van der Waals surface area contributed by atoms with Crippen molar-refractivity contribution in [2.75, 3.05) is 18.5 Å². The third-order valence-electron chi connectivity index (χ3n) is 8.82. The first-order valence-corrected chi connectivity index (χ1v) is 15.5. The minimum Gasteiger partial charge on any atom is -0.494 e. The number of amides is 3. The van der Waals surface area contributed by atoms with Crippen molar-refractivity contribution >= 4 is 35.2 Å². The summed E-state index contributed by atoms with van der Waals surface area (Å²) in [5.74, 6) is -0.838. The Hall–Kier alpha value is -3.04. The van der Waals surface area contributed by atoms with Crippen molar-refractivity contribution in [2.24, 2.45) is 23.7 Å². The van der Waals surface area contributed by atoms with E-state index in [0.29, 0.717) is 25.3 Å². The predicted octanol–water partition coefficient (Wildman–Crippen LogP) is 4.08. The summed E-state index contributed by atoms with van der Waals surface area (Å²) < 4.78 is 4.78. The standard InChI is InChI=1S/C32H41N3O5S/c1-5-40-24-13-11-22(12-14-24)34-29(37)26-25-16-20(4)32(41-25)27(26)31(39)35(23(18-36)15-19(2)3)28(32)30(38)33-17-21-9-7-6-8-10-21/h6-14,19-20,23,25-28,36H,5,15-18H2,1-4H3,(H,33,38)(H,34,37)/t20?,23-,25+,26-,27+,28?,32?/m1/s1. The molecule has 3 fully saturated rings. The fraction of sp³-hybridized carbons (Fsp3) is 0.531. The Labute approximate surface area is 246 Å². The summed E-state index contributed by atoms with van der Waals surface area (Å²) in [6.07, 6.45) is 1.32. The molecule has 3 unspecified atom stereocenters. The highest BCUT2D eigenvalue weighted by Gasteiger charge is 2.76. The Kier molecular flexibility index (Phi) is 8.66. The summed E-state index contributed by atoms with van der Waals surface area (Å²) in [7, 11) is 0. The zero-order valence-electron chi connectivity index (χ0n) is 24.2. The van der Waals surface area contributed by atoms with E-state index in [-0.39, 0.29) is 41.4 Å². The van der Waals surface area contributed by atoms with Gasteiger partial charge in [0.15, 0.2) is 0 Å². The number of likely N-dealkylation sites (tertiary alicyclic amines) is 1. The molecule has 3 heterocycles. The molecule has 0 aliphatic carbocycles. The average Bonchev–Trinajstić information content (AvgIpc) is 3.55. The Morgan fingerprint density at radius 2 is 1.83 bits per heavy atom. The third kappa shape index (κ3) is 5.34. The van der Waals surface area contributed by atoms with E-state index in [2.05, 4.69) is 17.6 Å². The van der Waals surface area contributed by atoms with Crippen LogP contribution >= 0.6 is 11.8 Å². The lowest BCUT2D eigenvalue weighted by molar-refractivity contribution is -0.142. The Morgan fingerprint density at radius 1 is 1.12 bits per heavy atom. The van der Waals surface area contributed by atoms with Gasteiger partial charge in [-0.1, -0.05) is 51.1 Å². The number of carbonyl (C=O) groups excluding carboxylic acids is 3. The first-order chi connectivity index (χ1) is 19.7. The number of rotatable bonds is 11. The van der Waals surface area contributed by atoms with E-state index in [4.69, 9.17) is 4.74 Å². The predicted molar refractivity (Wildman–Crippen MR) is 160 cm³/mol. The number of aliphatic hydroxyl groups excluding tert-OH is 1. The number of anilines is 1. The van der Waals surface area contributed by atoms with E-state index in [1.807, 2.05) is 63.2 Å². The number of benzene rings is 2. The molecule has 2 bridgehead atoms. The normalized spacial score (nSPS) is 29.0. The number of carbonyl (C=O) groups is 3. The van der Waals surface area contributed by atoms with Crippen molar-refractivity contribution in [1.82, 2.24) is 10.2 Å². The maximum Gasteiger partial charge on any atom is 0.244 e. The number of nitrogens with one attached hydrogen (secondary N) is 2. The largest absolute Gasteiger partial charge is 0.494 e. The average molecular weight is 580 g/mol. The summed E-state index contributed by atoms with van der Waals surface area (Å²) in [5, 5.41) is 16.5. The molecular formula is C32H41N3O5S. The second kappa shape index (κ2) is 12.1. The third-order valence-corrected chi connectivity index (χ3v) is 10.9. The van der Waals surface area contributed by atoms with E-state index in [1.54, 1.807) is 28.8 Å². The van der Waals surface area contributed by atoms with Gasteiger partial charge in [0.05, 0.1) is 35.8 Å². The van der Waals surface area contributed by atoms with Crippen LogP contribution in [0, 0.1) is 23.7 Å². The number of aliphatic hydroxyl groups is 1. The summed E-state index contributed by atoms with van der Waals surface area (Å²) >= 11 is 1.64. The summed E-state index contributed by atoms with van der Waals surface area (Å²) in [4.78, 5) is 44.0. The fourth-order valence-corrected chi connectivity index (χ4v) is 9.59. The molecule has 220 valence electrons. The monoisotopic (exact) mass is 579 g/mol. The first kappa shape index (κ1) is 29.5. The molecule has 0 aromatic heterocycles. The Bertz CT molecular complexity index is 1260. The number of hydrogen-bond donors (Lipinski definition) is 3. The van der Waals surface area contributed by atoms with Gasteiger partial charge in [0.1, 0.15) is 11.8 Å². The van der Waals surface area contributed by atoms with E-state index in [9.17, 15) is 19.5 Å². The van der Waals surface area contributed by atoms with Crippen molar-refractivity contribution in [2.45, 2.75) is 69.2 Å². The van der Waals surface area contributed by atoms with E-state index in [1.165, 1.54) is 0 Å². The second-order valence-corrected chi connectivity index (χ2v) is 13.5. The SMILES string of the molecule is CCOc1ccc(NC(=O)[C@@H]2[C@@H]3CC(C)C4(S3)C(C(=O)NCc3ccccc3)N([C@@H](CO)CC(C)C)C(=O)[C@H]24)cc1. The van der Waals surface area contributed by atoms with Gasteiger partial charge in [0.25, 0.3) is 0 Å². The van der Waals surface area contributed by atoms with Gasteiger partial charge in [-0.3, -0.25) is 14.4 Å². The summed E-state index contributed by atoms with van der Waals surface area (Å²) in [6.45, 7) is 8.77. The lowest BCUT2D eigenvalue weighted by atomic mass is 9.66. The molecule has 8 nitrogen and oxygen atoms in total. The molecule has 3 aliphatic rings. The van der Waals surface area contributed by atoms with Crippen LogP contribution < -0.4 is 15.4 Å². The molecule has 3 aliphatic heterocycles. The number of thioether (sulfide) groups is 1. The molecule has 0 radical (unpaired) electrons. The number of hydrogen-bond acceptors (Lipinski definition) is 6. The van der Waals surface area contributed by atoms with Crippen LogP contribution in [0.2, 0.25) is 0 Å². The first-order valence-electron chi connectivity index (χ1n) is 14.7. The van der Waals surface area contributed by atoms with Gasteiger partial charge >= 0.3 is 0 Å². The number of ether oxygens (including phenoxy) is 1. The van der Waals surface area contributed by atoms with Crippen LogP contribution in [-0.4, -0.2) is 63.0 Å². The van der Waals surface area contributed by atoms with Crippen molar-refractivity contribution in [3.8, 4) is 5.75 Å². The zero-order valence-corrected chi connectivity index (χ0v) is 25.0. The highest BCUT2D eigenvalue weighted by Crippen LogP contribution is 2.69. The van der Waals surface area contributed by atoms with Gasteiger partial charge < -0.3 is 25.4 Å². The van der Waals surface area contributed by atoms with E-state index < -0.39 is 28.7 Å². The summed E-state index contributed by atoms with van der Waals surface area (Å²) in [6, 6.07) is 15.6. The Balaban J connectivity index is 1.46. The maximum atomic E-state index is 14.4. The smallest absolute Gasteiger partial charge is 0.244 e. The van der Waals surface area contributed by atoms with Crippen LogP contribution in [0.25, 0.3) is 0 Å². The molecular weight excluding hydrogens is 538 g/mol. The lowest BCUT2D eigenvalue weighted by Crippen LogP contribution is -2.58. The quantitative estimate of drug-likeness (QED) is 0.370. The van der Waals surface area contributed by atoms with Gasteiger partial charge in [0, 0.05) is 17.5 Å². The van der Waals surface area contributed by atoms with Crippen LogP contribution in [0.5, 0.6) is 5.75 Å². The van der Waals surface area contributed by atoms with Gasteiger partial charge in [-0.2, -0.15) is 0 Å². The maximum absolute atomic E-state index is 14.4. The molecule has 3 amide bonds. The van der Waals surface area contributed by atoms with Crippen LogP contribution in [0.4, 0.5) is 5.69 Å². The lowest BCUT2D eigenvalue weighted by Gasteiger charge is -2.40. The molecule has 3 N–H and O–H groups in total. The van der Waals surface area contributed by atoms with E-state index >= 15 is 0 Å². The Morgan fingerprint density at radius 3 is 2.46 bits per heavy atom. The van der Waals surface area contributed by atoms with Crippen molar-refractivity contribution < 1.29 is 24.2 Å². The van der Waals surface area contributed by atoms with Gasteiger partial charge in [-0.05, 0) is 61.4 Å². The van der Waals surface area contributed by atoms with Crippen molar-refractivity contribution in [3.63, 3.8) is 0 Å². The summed E-state index contributed by atoms with van der Waals surface area (Å²) in [5.41, 5.74) is 1.61. The highest BCUT2D eigenvalue weighted by atomic mass is 32.2. The molecule has 7 atom stereocenters. The topological polar surface area (TPSA) is 108 Å². The molecule has 9 heteroatoms. The van der Waals surface area contributed by atoms with Crippen LogP contribution in [0.15, 0.2) is 54.6 Å². The minimum atomic E-state index is -0.770. The number of nitrogens with zero attached hydrogens (tertiary/aromatic N) is 1. The van der Waals surface area contributed by atoms with Gasteiger partial charge in [-0.15, -0.1) is 11.8 Å². The highest BCUT2D eigenvalue weighted by molar-refractivity contribution is 8.02. The van der Waals surface area contributed by atoms with Gasteiger partial charge in [0.2, 0.25) is 17.7 Å². The molecule has 3 saturated heterocycles. The second-order valence-electron chi connectivity index (χ2n) is 11.9. The molecule has 1 spiro atoms. The molecule has 5 rings (SSSR count). The molecule has 0 saturated carbocycles. The zero-order chi connectivity index (χ0) is 29.3. The minimum absolute atomic E-state index is 0.0526. The van der Waals surface area contributed by atoms with Crippen molar-refractivity contribution in [3.05, 3.63) is 60.2 Å². The molecule has 2 aromatic carbocycles. The fourth-order valence-electron chi connectivity index (χ4n) is 7.18. The molecule has 41 heavy (non-hydrogen) atoms. The van der Waals surface area contributed by atoms with Gasteiger partial charge in [-0.25, -0.2) is 0 Å². The molecule has 2 aromatic rings. The van der Waals surface area contributed by atoms with Crippen LogP contribution in [0.3, 0.4) is 0 Å².